The molecule has 0 radical (unpaired) electrons. The number of nitrogens with zero attached hydrogens (tertiary/aromatic N) is 3. The first-order chi connectivity index (χ1) is 12.5. The van der Waals surface area contributed by atoms with Gasteiger partial charge in [0.05, 0.1) is 16.9 Å². The first-order valence-electron chi connectivity index (χ1n) is 8.17. The van der Waals surface area contributed by atoms with Crippen LogP contribution in [0.4, 0.5) is 0 Å². The number of aromatic nitrogens is 2. The van der Waals surface area contributed by atoms with Crippen molar-refractivity contribution in [2.45, 2.75) is 32.0 Å². The zero-order valence-electron chi connectivity index (χ0n) is 14.7. The van der Waals surface area contributed by atoms with Gasteiger partial charge in [-0.3, -0.25) is 9.36 Å². The van der Waals surface area contributed by atoms with E-state index in [-0.39, 0.29) is 11.0 Å². The Balaban J connectivity index is 2.02. The summed E-state index contributed by atoms with van der Waals surface area (Å²) in [7, 11) is 0. The Labute approximate surface area is 164 Å². The Morgan fingerprint density at radius 1 is 1.46 bits per heavy atom. The molecule has 0 saturated carbocycles. The molecule has 0 aliphatic rings. The number of hydrogen-bond acceptors (Lipinski definition) is 6. The summed E-state index contributed by atoms with van der Waals surface area (Å²) < 4.78 is 1.68. The Kier molecular flexibility index (Phi) is 5.66. The van der Waals surface area contributed by atoms with Crippen LogP contribution in [0.5, 0.6) is 0 Å². The van der Waals surface area contributed by atoms with Gasteiger partial charge in [-0.05, 0) is 31.7 Å². The second kappa shape index (κ2) is 7.78. The number of rotatable bonds is 7. The highest BCUT2D eigenvalue weighted by molar-refractivity contribution is 7.99. The van der Waals surface area contributed by atoms with Crippen molar-refractivity contribution in [3.8, 4) is 16.5 Å². The molecule has 3 rings (SSSR count). The number of fused-ring (bicyclic) bond motifs is 1. The summed E-state index contributed by atoms with van der Waals surface area (Å²) >= 11 is 4.65. The van der Waals surface area contributed by atoms with Crippen LogP contribution in [-0.4, -0.2) is 15.3 Å². The van der Waals surface area contributed by atoms with Crippen molar-refractivity contribution >= 4 is 44.7 Å². The summed E-state index contributed by atoms with van der Waals surface area (Å²) in [5.74, 6) is 0.735. The molecule has 0 unspecified atom stereocenters. The summed E-state index contributed by atoms with van der Waals surface area (Å²) in [6.45, 7) is 8.05. The van der Waals surface area contributed by atoms with E-state index < -0.39 is 0 Å². The molecule has 7 heteroatoms. The van der Waals surface area contributed by atoms with Crippen molar-refractivity contribution < 1.29 is 0 Å². The molecule has 3 heterocycles. The Bertz CT molecular complexity index is 1020. The molecule has 0 spiro atoms. The van der Waals surface area contributed by atoms with Crippen molar-refractivity contribution in [1.82, 2.24) is 9.55 Å². The van der Waals surface area contributed by atoms with Gasteiger partial charge in [0.2, 0.25) is 0 Å². The fourth-order valence-corrected chi connectivity index (χ4v) is 5.55. The SMILES string of the molecule is C=CCn1c(SCCC(C)(C)C#N)nc2scc(-c3cccs3)c2c1=O. The van der Waals surface area contributed by atoms with Crippen molar-refractivity contribution in [2.24, 2.45) is 5.41 Å². The van der Waals surface area contributed by atoms with E-state index in [0.717, 1.165) is 27.4 Å². The molecule has 0 amide bonds. The minimum atomic E-state index is -0.379. The molecule has 4 nitrogen and oxygen atoms in total. The highest BCUT2D eigenvalue weighted by Gasteiger charge is 2.19. The van der Waals surface area contributed by atoms with Crippen LogP contribution in [0, 0.1) is 16.7 Å². The van der Waals surface area contributed by atoms with Gasteiger partial charge in [0.25, 0.3) is 5.56 Å². The standard InChI is InChI=1S/C19H19N3OS3/c1-4-8-22-17(23)15-13(14-6-5-9-24-14)11-26-16(15)21-18(22)25-10-7-19(2,3)12-20/h4-6,9,11H,1,7-8,10H2,2-3H3. The second-order valence-corrected chi connectivity index (χ2v) is 9.37. The quantitative estimate of drug-likeness (QED) is 0.302. The minimum absolute atomic E-state index is 0.0263. The lowest BCUT2D eigenvalue weighted by Crippen LogP contribution is -2.22. The Morgan fingerprint density at radius 2 is 2.27 bits per heavy atom. The number of nitriles is 1. The van der Waals surface area contributed by atoms with E-state index >= 15 is 0 Å². The van der Waals surface area contributed by atoms with Gasteiger partial charge in [-0.1, -0.05) is 23.9 Å². The van der Waals surface area contributed by atoms with Crippen LogP contribution in [0.1, 0.15) is 20.3 Å². The lowest BCUT2D eigenvalue weighted by Gasteiger charge is -2.15. The number of allylic oxidation sites excluding steroid dienone is 1. The molecular formula is C19H19N3OS3. The maximum absolute atomic E-state index is 13.2. The Morgan fingerprint density at radius 3 is 2.92 bits per heavy atom. The van der Waals surface area contributed by atoms with Crippen LogP contribution in [0.2, 0.25) is 0 Å². The predicted octanol–water partition coefficient (Wildman–Crippen LogP) is 5.40. The van der Waals surface area contributed by atoms with Gasteiger partial charge in [0, 0.05) is 28.1 Å². The Hall–Kier alpha value is -1.88. The molecular weight excluding hydrogens is 382 g/mol. The third-order valence-corrected chi connectivity index (χ3v) is 6.77. The monoisotopic (exact) mass is 401 g/mol. The lowest BCUT2D eigenvalue weighted by molar-refractivity contribution is 0.481. The van der Waals surface area contributed by atoms with Crippen LogP contribution in [0.3, 0.4) is 0 Å². The minimum Gasteiger partial charge on any atom is -0.283 e. The molecule has 0 bridgehead atoms. The van der Waals surface area contributed by atoms with Crippen molar-refractivity contribution in [1.29, 1.82) is 5.26 Å². The van der Waals surface area contributed by atoms with Crippen molar-refractivity contribution in [3.63, 3.8) is 0 Å². The molecule has 0 N–H and O–H groups in total. The first kappa shape index (κ1) is 18.9. The second-order valence-electron chi connectivity index (χ2n) is 6.50. The van der Waals surface area contributed by atoms with Gasteiger partial charge in [0.1, 0.15) is 4.83 Å². The smallest absolute Gasteiger partial charge is 0.263 e. The maximum Gasteiger partial charge on any atom is 0.263 e. The molecule has 0 aliphatic heterocycles. The maximum atomic E-state index is 13.2. The van der Waals surface area contributed by atoms with Crippen LogP contribution in [0.25, 0.3) is 20.7 Å². The van der Waals surface area contributed by atoms with Gasteiger partial charge in [-0.2, -0.15) is 5.26 Å². The summed E-state index contributed by atoms with van der Waals surface area (Å²) in [6, 6.07) is 6.32. The lowest BCUT2D eigenvalue weighted by atomic mass is 9.93. The summed E-state index contributed by atoms with van der Waals surface area (Å²) in [6.07, 6.45) is 2.45. The topological polar surface area (TPSA) is 58.7 Å². The molecule has 3 aromatic rings. The zero-order valence-corrected chi connectivity index (χ0v) is 17.1. The first-order valence-corrected chi connectivity index (χ1v) is 10.9. The highest BCUT2D eigenvalue weighted by Crippen LogP contribution is 2.35. The summed E-state index contributed by atoms with van der Waals surface area (Å²) in [5, 5.41) is 14.6. The van der Waals surface area contributed by atoms with E-state index in [2.05, 4.69) is 12.6 Å². The number of hydrogen-bond donors (Lipinski definition) is 0. The van der Waals surface area contributed by atoms with E-state index in [1.165, 1.54) is 23.1 Å². The van der Waals surface area contributed by atoms with Gasteiger partial charge in [0.15, 0.2) is 5.16 Å². The van der Waals surface area contributed by atoms with Crippen molar-refractivity contribution in [3.05, 3.63) is 45.9 Å². The fourth-order valence-electron chi connectivity index (χ4n) is 2.47. The number of thiophene rings is 2. The summed E-state index contributed by atoms with van der Waals surface area (Å²) in [4.78, 5) is 19.7. The predicted molar refractivity (Wildman–Crippen MR) is 112 cm³/mol. The normalized spacial score (nSPS) is 11.6. The van der Waals surface area contributed by atoms with Crippen LogP contribution < -0.4 is 5.56 Å². The van der Waals surface area contributed by atoms with E-state index in [1.54, 1.807) is 22.0 Å². The molecule has 0 atom stereocenters. The molecule has 0 aliphatic carbocycles. The fraction of sp³-hybridized carbons (Fsp3) is 0.316. The van der Waals surface area contributed by atoms with E-state index in [1.807, 2.05) is 36.7 Å². The largest absolute Gasteiger partial charge is 0.283 e. The molecule has 0 fully saturated rings. The van der Waals surface area contributed by atoms with Crippen LogP contribution in [-0.2, 0) is 6.54 Å². The van der Waals surface area contributed by atoms with Gasteiger partial charge >= 0.3 is 0 Å². The van der Waals surface area contributed by atoms with Gasteiger partial charge < -0.3 is 0 Å². The van der Waals surface area contributed by atoms with Gasteiger partial charge in [-0.15, -0.1) is 29.3 Å². The molecule has 0 aromatic carbocycles. The van der Waals surface area contributed by atoms with E-state index in [4.69, 9.17) is 10.2 Å². The third kappa shape index (κ3) is 3.78. The molecule has 26 heavy (non-hydrogen) atoms. The zero-order chi connectivity index (χ0) is 18.7. The van der Waals surface area contributed by atoms with Gasteiger partial charge in [-0.25, -0.2) is 4.98 Å². The number of thioether (sulfide) groups is 1. The third-order valence-electron chi connectivity index (χ3n) is 4.02. The highest BCUT2D eigenvalue weighted by atomic mass is 32.2. The summed E-state index contributed by atoms with van der Waals surface area (Å²) in [5.41, 5.74) is 0.551. The van der Waals surface area contributed by atoms with Crippen LogP contribution >= 0.6 is 34.4 Å². The van der Waals surface area contributed by atoms with E-state index in [0.29, 0.717) is 17.1 Å². The molecule has 134 valence electrons. The molecule has 0 saturated heterocycles. The van der Waals surface area contributed by atoms with Crippen molar-refractivity contribution in [2.75, 3.05) is 5.75 Å². The average Bonchev–Trinajstić information content (AvgIpc) is 3.27. The van der Waals surface area contributed by atoms with Crippen LogP contribution in [0.15, 0.2) is 45.5 Å². The van der Waals surface area contributed by atoms with E-state index in [9.17, 15) is 4.79 Å². The molecule has 3 aromatic heterocycles. The average molecular weight is 402 g/mol.